The fourth-order valence-corrected chi connectivity index (χ4v) is 4.12. The third kappa shape index (κ3) is 2.83. The van der Waals surface area contributed by atoms with Gasteiger partial charge in [-0.05, 0) is 18.1 Å². The van der Waals surface area contributed by atoms with Gasteiger partial charge in [-0.3, -0.25) is 10.1 Å². The van der Waals surface area contributed by atoms with Crippen molar-refractivity contribution in [1.82, 2.24) is 10.4 Å². The number of para-hydroxylation sites is 1. The fourth-order valence-electron chi connectivity index (χ4n) is 4.12. The van der Waals surface area contributed by atoms with E-state index in [0.29, 0.717) is 0 Å². The van der Waals surface area contributed by atoms with Crippen LogP contribution in [-0.2, 0) is 0 Å². The predicted octanol–water partition coefficient (Wildman–Crippen LogP) is 4.68. The van der Waals surface area contributed by atoms with Crippen LogP contribution in [0.15, 0.2) is 78.9 Å². The lowest BCUT2D eigenvalue weighted by atomic mass is 9.95. The van der Waals surface area contributed by atoms with Crippen LogP contribution in [0, 0.1) is 10.1 Å². The van der Waals surface area contributed by atoms with Gasteiger partial charge in [0, 0.05) is 29.3 Å². The Hall–Kier alpha value is -3.22. The number of benzene rings is 3. The van der Waals surface area contributed by atoms with E-state index in [9.17, 15) is 10.1 Å². The first-order valence-corrected chi connectivity index (χ1v) is 9.30. The molecule has 0 unspecified atom stereocenters. The Morgan fingerprint density at radius 2 is 1.71 bits per heavy atom. The molecule has 1 fully saturated rings. The van der Waals surface area contributed by atoms with Crippen molar-refractivity contribution in [1.29, 1.82) is 0 Å². The Balaban J connectivity index is 1.56. The molecule has 3 aromatic carbocycles. The molecule has 2 heterocycles. The van der Waals surface area contributed by atoms with Crippen LogP contribution in [0.2, 0.25) is 0 Å². The van der Waals surface area contributed by atoms with Crippen molar-refractivity contribution in [2.45, 2.75) is 24.7 Å². The second-order valence-electron chi connectivity index (χ2n) is 7.11. The zero-order valence-corrected chi connectivity index (χ0v) is 15.1. The zero-order valence-electron chi connectivity index (χ0n) is 15.1. The summed E-state index contributed by atoms with van der Waals surface area (Å²) in [7, 11) is 0. The number of nitrogens with zero attached hydrogens (tertiary/aromatic N) is 2. The quantitative estimate of drug-likeness (QED) is 0.533. The van der Waals surface area contributed by atoms with Crippen LogP contribution in [-0.4, -0.2) is 9.93 Å². The van der Waals surface area contributed by atoms with Gasteiger partial charge in [-0.2, -0.15) is 5.01 Å². The molecule has 2 aliphatic heterocycles. The minimum Gasteiger partial charge on any atom is -0.469 e. The molecule has 3 atom stereocenters. The molecule has 140 valence electrons. The third-order valence-electron chi connectivity index (χ3n) is 5.44. The van der Waals surface area contributed by atoms with E-state index in [1.165, 1.54) is 11.6 Å². The van der Waals surface area contributed by atoms with Gasteiger partial charge in [-0.1, -0.05) is 60.7 Å². The predicted molar refractivity (Wildman–Crippen MR) is 104 cm³/mol. The first-order chi connectivity index (χ1) is 13.7. The van der Waals surface area contributed by atoms with Crippen molar-refractivity contribution in [3.63, 3.8) is 0 Å². The first-order valence-electron chi connectivity index (χ1n) is 9.30. The van der Waals surface area contributed by atoms with Crippen molar-refractivity contribution >= 4 is 5.69 Å². The van der Waals surface area contributed by atoms with Gasteiger partial charge >= 0.3 is 0 Å². The summed E-state index contributed by atoms with van der Waals surface area (Å²) in [4.78, 5) is 10.9. The van der Waals surface area contributed by atoms with Crippen molar-refractivity contribution in [3.8, 4) is 5.75 Å². The highest BCUT2D eigenvalue weighted by atomic mass is 16.6. The summed E-state index contributed by atoms with van der Waals surface area (Å²) in [6, 6.07) is 25.3. The highest BCUT2D eigenvalue weighted by molar-refractivity contribution is 5.42. The summed E-state index contributed by atoms with van der Waals surface area (Å²) < 4.78 is 6.29. The monoisotopic (exact) mass is 373 g/mol. The molecule has 0 spiro atoms. The minimum atomic E-state index is -0.437. The maximum Gasteiger partial charge on any atom is 0.269 e. The Morgan fingerprint density at radius 3 is 2.54 bits per heavy atom. The van der Waals surface area contributed by atoms with Crippen LogP contribution < -0.4 is 10.2 Å². The smallest absolute Gasteiger partial charge is 0.269 e. The summed E-state index contributed by atoms with van der Waals surface area (Å²) in [5, 5.41) is 13.3. The zero-order chi connectivity index (χ0) is 19.1. The normalized spacial score (nSPS) is 23.5. The van der Waals surface area contributed by atoms with E-state index in [2.05, 4.69) is 28.6 Å². The van der Waals surface area contributed by atoms with E-state index in [4.69, 9.17) is 4.74 Å². The second kappa shape index (κ2) is 6.74. The average molecular weight is 373 g/mol. The van der Waals surface area contributed by atoms with Crippen LogP contribution in [0.3, 0.4) is 0 Å². The molecule has 0 aliphatic carbocycles. The van der Waals surface area contributed by atoms with Crippen LogP contribution in [0.5, 0.6) is 5.75 Å². The van der Waals surface area contributed by atoms with E-state index in [1.54, 1.807) is 12.1 Å². The SMILES string of the molecule is O=[N+]([O-])c1cccc([C@@H]2Oc3ccccc3[C@@H]3C[C@H](c4ccccc4)NN32)c1. The topological polar surface area (TPSA) is 67.6 Å². The van der Waals surface area contributed by atoms with Crippen LogP contribution >= 0.6 is 0 Å². The molecule has 0 saturated carbocycles. The van der Waals surface area contributed by atoms with E-state index in [1.807, 2.05) is 42.5 Å². The lowest BCUT2D eigenvalue weighted by Gasteiger charge is -2.38. The Morgan fingerprint density at radius 1 is 0.964 bits per heavy atom. The number of hydrogen-bond acceptors (Lipinski definition) is 5. The highest BCUT2D eigenvalue weighted by Gasteiger charge is 2.44. The van der Waals surface area contributed by atoms with E-state index in [-0.39, 0.29) is 22.7 Å². The lowest BCUT2D eigenvalue weighted by Crippen LogP contribution is -2.42. The molecule has 0 radical (unpaired) electrons. The Labute approximate surface area is 162 Å². The fraction of sp³-hybridized carbons (Fsp3) is 0.182. The number of ether oxygens (including phenoxy) is 1. The van der Waals surface area contributed by atoms with E-state index < -0.39 is 6.23 Å². The molecule has 6 heteroatoms. The van der Waals surface area contributed by atoms with Gasteiger partial charge in [0.05, 0.1) is 11.0 Å². The maximum atomic E-state index is 11.2. The summed E-state index contributed by atoms with van der Waals surface area (Å²) in [6.45, 7) is 0. The maximum absolute atomic E-state index is 11.2. The van der Waals surface area contributed by atoms with Crippen LogP contribution in [0.4, 0.5) is 5.69 Å². The van der Waals surface area contributed by atoms with Gasteiger partial charge < -0.3 is 4.74 Å². The second-order valence-corrected chi connectivity index (χ2v) is 7.11. The van der Waals surface area contributed by atoms with Gasteiger partial charge in [-0.25, -0.2) is 5.43 Å². The van der Waals surface area contributed by atoms with Gasteiger partial charge in [0.15, 0.2) is 6.23 Å². The summed E-state index contributed by atoms with van der Waals surface area (Å²) in [6.07, 6.45) is 0.462. The molecule has 1 saturated heterocycles. The van der Waals surface area contributed by atoms with E-state index >= 15 is 0 Å². The van der Waals surface area contributed by atoms with Gasteiger partial charge in [0.25, 0.3) is 5.69 Å². The van der Waals surface area contributed by atoms with Gasteiger partial charge in [0.2, 0.25) is 0 Å². The minimum absolute atomic E-state index is 0.0651. The molecular weight excluding hydrogens is 354 g/mol. The summed E-state index contributed by atoms with van der Waals surface area (Å²) in [5.74, 6) is 0.829. The van der Waals surface area contributed by atoms with Gasteiger partial charge in [-0.15, -0.1) is 0 Å². The number of nitro groups is 1. The van der Waals surface area contributed by atoms with Crippen LogP contribution in [0.1, 0.15) is 41.4 Å². The van der Waals surface area contributed by atoms with E-state index in [0.717, 1.165) is 23.3 Å². The van der Waals surface area contributed by atoms with Crippen LogP contribution in [0.25, 0.3) is 0 Å². The Bertz CT molecular complexity index is 1020. The third-order valence-corrected chi connectivity index (χ3v) is 5.44. The number of nitro benzene ring substituents is 1. The molecule has 0 aromatic heterocycles. The highest BCUT2D eigenvalue weighted by Crippen LogP contribution is 2.48. The molecule has 1 N–H and O–H groups in total. The summed E-state index contributed by atoms with van der Waals surface area (Å²) in [5.41, 5.74) is 6.76. The number of hydrazine groups is 1. The number of hydrogen-bond donors (Lipinski definition) is 1. The Kier molecular flexibility index (Phi) is 4.07. The van der Waals surface area contributed by atoms with Crippen molar-refractivity contribution in [2.24, 2.45) is 0 Å². The van der Waals surface area contributed by atoms with Crippen molar-refractivity contribution in [2.75, 3.05) is 0 Å². The van der Waals surface area contributed by atoms with Gasteiger partial charge in [0.1, 0.15) is 5.75 Å². The van der Waals surface area contributed by atoms with Crippen molar-refractivity contribution in [3.05, 3.63) is 106 Å². The lowest BCUT2D eigenvalue weighted by molar-refractivity contribution is -0.385. The molecule has 5 rings (SSSR count). The molecule has 3 aromatic rings. The molecule has 0 amide bonds. The average Bonchev–Trinajstić information content (AvgIpc) is 3.20. The number of non-ortho nitro benzene ring substituents is 1. The standard InChI is InChI=1S/C22H19N3O3/c26-25(27)17-10-6-9-16(13-17)22-24-20(18-11-4-5-12-21(18)28-22)14-19(23-24)15-7-2-1-3-8-15/h1-13,19-20,22-23H,14H2/t19-,20+,22+/m1/s1. The molecule has 0 bridgehead atoms. The summed E-state index contributed by atoms with van der Waals surface area (Å²) >= 11 is 0. The molecular formula is C22H19N3O3. The molecule has 28 heavy (non-hydrogen) atoms. The number of rotatable bonds is 3. The molecule has 2 aliphatic rings. The number of nitrogens with one attached hydrogen (secondary N) is 1. The van der Waals surface area contributed by atoms with Crippen molar-refractivity contribution < 1.29 is 9.66 Å². The molecule has 6 nitrogen and oxygen atoms in total. The largest absolute Gasteiger partial charge is 0.469 e. The number of fused-ring (bicyclic) bond motifs is 3. The first kappa shape index (κ1) is 16.9.